The molecule has 0 N–H and O–H groups in total. The second kappa shape index (κ2) is 9.18. The van der Waals surface area contributed by atoms with Crippen LogP contribution in [0.2, 0.25) is 5.02 Å². The van der Waals surface area contributed by atoms with Gasteiger partial charge in [-0.05, 0) is 48.0 Å². The van der Waals surface area contributed by atoms with E-state index >= 15 is 0 Å². The summed E-state index contributed by atoms with van der Waals surface area (Å²) in [5.74, 6) is -0.818. The summed E-state index contributed by atoms with van der Waals surface area (Å²) in [4.78, 5) is 42.0. The highest BCUT2D eigenvalue weighted by Gasteiger charge is 2.43. The van der Waals surface area contributed by atoms with Crippen molar-refractivity contribution in [2.75, 3.05) is 24.0 Å². The lowest BCUT2D eigenvalue weighted by Crippen LogP contribution is -2.57. The molecule has 1 aliphatic heterocycles. The first-order valence-electron chi connectivity index (χ1n) is 9.92. The van der Waals surface area contributed by atoms with Crippen molar-refractivity contribution in [1.82, 2.24) is 0 Å². The molecule has 0 unspecified atom stereocenters. The topological polar surface area (TPSA) is 76.2 Å². The summed E-state index contributed by atoms with van der Waals surface area (Å²) in [6, 6.07) is 19.2. The van der Waals surface area contributed by atoms with Gasteiger partial charge in [-0.2, -0.15) is 0 Å². The SMILES string of the molecule is COc1cc(C=C2C(=O)N(c3ccccc3)C(=O)N(c3ccccc3)C2=O)cc(Cl)c1OC. The Bertz CT molecular complexity index is 1200. The average Bonchev–Trinajstić information content (AvgIpc) is 2.83. The maximum Gasteiger partial charge on any atom is 0.343 e. The van der Waals surface area contributed by atoms with Crippen molar-refractivity contribution in [1.29, 1.82) is 0 Å². The van der Waals surface area contributed by atoms with E-state index in [4.69, 9.17) is 21.1 Å². The third-order valence-electron chi connectivity index (χ3n) is 5.05. The number of hydrogen-bond donors (Lipinski definition) is 0. The fourth-order valence-corrected chi connectivity index (χ4v) is 3.82. The number of carbonyl (C=O) groups excluding carboxylic acids is 3. The first-order valence-corrected chi connectivity index (χ1v) is 10.3. The van der Waals surface area contributed by atoms with E-state index in [-0.39, 0.29) is 10.6 Å². The number of methoxy groups -OCH3 is 2. The summed E-state index contributed by atoms with van der Waals surface area (Å²) in [5.41, 5.74) is 0.921. The van der Waals surface area contributed by atoms with Gasteiger partial charge in [0.1, 0.15) is 5.57 Å². The van der Waals surface area contributed by atoms with E-state index in [0.29, 0.717) is 28.4 Å². The van der Waals surface area contributed by atoms with Crippen LogP contribution < -0.4 is 19.3 Å². The first kappa shape index (κ1) is 22.1. The number of amides is 4. The van der Waals surface area contributed by atoms with Crippen LogP contribution in [0.4, 0.5) is 16.2 Å². The fourth-order valence-electron chi connectivity index (χ4n) is 3.53. The van der Waals surface area contributed by atoms with Crippen molar-refractivity contribution in [2.24, 2.45) is 0 Å². The van der Waals surface area contributed by atoms with Crippen molar-refractivity contribution < 1.29 is 23.9 Å². The highest BCUT2D eigenvalue weighted by molar-refractivity contribution is 6.46. The zero-order valence-corrected chi connectivity index (χ0v) is 18.6. The van der Waals surface area contributed by atoms with Crippen LogP contribution in [0.25, 0.3) is 6.08 Å². The smallest absolute Gasteiger partial charge is 0.343 e. The van der Waals surface area contributed by atoms with E-state index in [0.717, 1.165) is 9.80 Å². The van der Waals surface area contributed by atoms with Crippen molar-refractivity contribution in [3.8, 4) is 11.5 Å². The Morgan fingerprint density at radius 1 is 0.758 bits per heavy atom. The highest BCUT2D eigenvalue weighted by atomic mass is 35.5. The molecule has 0 atom stereocenters. The standard InChI is InChI=1S/C25H19ClN2O5/c1-32-21-15-16(14-20(26)22(21)33-2)13-19-23(29)27(17-9-5-3-6-10-17)25(31)28(24(19)30)18-11-7-4-8-12-18/h3-15H,1-2H3. The summed E-state index contributed by atoms with van der Waals surface area (Å²) in [6.07, 6.45) is 1.39. The largest absolute Gasteiger partial charge is 0.493 e. The quantitative estimate of drug-likeness (QED) is 0.396. The van der Waals surface area contributed by atoms with E-state index in [2.05, 4.69) is 0 Å². The van der Waals surface area contributed by atoms with Crippen LogP contribution in [-0.4, -0.2) is 32.1 Å². The Hall–Kier alpha value is -4.10. The zero-order chi connectivity index (χ0) is 23.5. The molecule has 4 amide bonds. The van der Waals surface area contributed by atoms with E-state index < -0.39 is 17.8 Å². The van der Waals surface area contributed by atoms with E-state index in [9.17, 15) is 14.4 Å². The summed E-state index contributed by atoms with van der Waals surface area (Å²) >= 11 is 6.30. The lowest BCUT2D eigenvalue weighted by atomic mass is 10.0. The van der Waals surface area contributed by atoms with Gasteiger partial charge in [-0.1, -0.05) is 48.0 Å². The molecule has 1 fully saturated rings. The van der Waals surface area contributed by atoms with Gasteiger partial charge in [-0.25, -0.2) is 14.6 Å². The molecule has 7 nitrogen and oxygen atoms in total. The van der Waals surface area contributed by atoms with E-state index in [1.54, 1.807) is 72.8 Å². The zero-order valence-electron chi connectivity index (χ0n) is 17.8. The number of anilines is 2. The van der Waals surface area contributed by atoms with Crippen molar-refractivity contribution in [2.45, 2.75) is 0 Å². The van der Waals surface area contributed by atoms with Crippen LogP contribution in [0, 0.1) is 0 Å². The maximum atomic E-state index is 13.4. The van der Waals surface area contributed by atoms with Gasteiger partial charge in [0.05, 0.1) is 30.6 Å². The molecule has 3 aromatic rings. The van der Waals surface area contributed by atoms with Gasteiger partial charge in [-0.3, -0.25) is 9.59 Å². The highest BCUT2D eigenvalue weighted by Crippen LogP contribution is 2.37. The maximum absolute atomic E-state index is 13.4. The molecular formula is C25H19ClN2O5. The lowest BCUT2D eigenvalue weighted by molar-refractivity contribution is -0.121. The predicted octanol–water partition coefficient (Wildman–Crippen LogP) is 4.94. The Kier molecular flexibility index (Phi) is 6.15. The number of para-hydroxylation sites is 2. The normalized spacial score (nSPS) is 13.9. The first-order chi connectivity index (χ1) is 16.0. The number of imide groups is 2. The average molecular weight is 463 g/mol. The van der Waals surface area contributed by atoms with Crippen molar-refractivity contribution in [3.63, 3.8) is 0 Å². The monoisotopic (exact) mass is 462 g/mol. The third-order valence-corrected chi connectivity index (χ3v) is 5.33. The summed E-state index contributed by atoms with van der Waals surface area (Å²) in [6.45, 7) is 0. The fraction of sp³-hybridized carbons (Fsp3) is 0.0800. The molecule has 0 radical (unpaired) electrons. The minimum Gasteiger partial charge on any atom is -0.493 e. The van der Waals surface area contributed by atoms with Crippen LogP contribution >= 0.6 is 11.6 Å². The van der Waals surface area contributed by atoms with Crippen LogP contribution in [0.15, 0.2) is 78.4 Å². The van der Waals surface area contributed by atoms with Gasteiger partial charge in [0.2, 0.25) is 0 Å². The van der Waals surface area contributed by atoms with Crippen LogP contribution in [-0.2, 0) is 9.59 Å². The summed E-state index contributed by atoms with van der Waals surface area (Å²) in [5, 5.41) is 0.246. The molecule has 166 valence electrons. The molecule has 33 heavy (non-hydrogen) atoms. The molecule has 0 spiro atoms. The molecule has 0 aliphatic carbocycles. The molecule has 0 bridgehead atoms. The minimum absolute atomic E-state index is 0.203. The number of carbonyl (C=O) groups is 3. The van der Waals surface area contributed by atoms with Gasteiger partial charge in [-0.15, -0.1) is 0 Å². The number of benzene rings is 3. The summed E-state index contributed by atoms with van der Waals surface area (Å²) in [7, 11) is 2.91. The van der Waals surface area contributed by atoms with Gasteiger partial charge in [0, 0.05) is 0 Å². The number of barbiturate groups is 1. The van der Waals surface area contributed by atoms with Crippen molar-refractivity contribution in [3.05, 3.63) is 89.0 Å². The predicted molar refractivity (Wildman–Crippen MR) is 126 cm³/mol. The van der Waals surface area contributed by atoms with Gasteiger partial charge in [0.25, 0.3) is 11.8 Å². The summed E-state index contributed by atoms with van der Waals surface area (Å²) < 4.78 is 10.6. The molecule has 8 heteroatoms. The lowest BCUT2D eigenvalue weighted by Gasteiger charge is -2.33. The molecule has 1 aliphatic rings. The molecule has 0 saturated carbocycles. The molecule has 1 heterocycles. The van der Waals surface area contributed by atoms with Crippen LogP contribution in [0.5, 0.6) is 11.5 Å². The molecule has 1 saturated heterocycles. The van der Waals surface area contributed by atoms with Crippen LogP contribution in [0.1, 0.15) is 5.56 Å². The third kappa shape index (κ3) is 4.06. The van der Waals surface area contributed by atoms with Gasteiger partial charge < -0.3 is 9.47 Å². The van der Waals surface area contributed by atoms with E-state index in [1.807, 2.05) is 0 Å². The number of hydrogen-bond acceptors (Lipinski definition) is 5. The molecule has 0 aromatic heterocycles. The number of halogens is 1. The van der Waals surface area contributed by atoms with Crippen molar-refractivity contribution >= 4 is 46.9 Å². The van der Waals surface area contributed by atoms with Gasteiger partial charge >= 0.3 is 6.03 Å². The number of ether oxygens (including phenoxy) is 2. The Morgan fingerprint density at radius 2 is 1.27 bits per heavy atom. The second-order valence-corrected chi connectivity index (χ2v) is 7.44. The minimum atomic E-state index is -0.759. The Morgan fingerprint density at radius 3 is 1.73 bits per heavy atom. The molecular weight excluding hydrogens is 444 g/mol. The van der Waals surface area contributed by atoms with Crippen LogP contribution in [0.3, 0.4) is 0 Å². The van der Waals surface area contributed by atoms with E-state index in [1.165, 1.54) is 20.3 Å². The number of rotatable bonds is 5. The van der Waals surface area contributed by atoms with Gasteiger partial charge in [0.15, 0.2) is 11.5 Å². The second-order valence-electron chi connectivity index (χ2n) is 7.03. The molecule has 4 rings (SSSR count). The number of urea groups is 1. The molecule has 3 aromatic carbocycles. The Labute approximate surface area is 195 Å². The number of nitrogens with zero attached hydrogens (tertiary/aromatic N) is 2. The Balaban J connectivity index is 1.88.